The Morgan fingerprint density at radius 3 is 2.32 bits per heavy atom. The van der Waals surface area contributed by atoms with Gasteiger partial charge in [-0.05, 0) is 19.1 Å². The van der Waals surface area contributed by atoms with Crippen LogP contribution in [0, 0.1) is 24.6 Å². The molecule has 2 unspecified atom stereocenters. The van der Waals surface area contributed by atoms with E-state index < -0.39 is 33.2 Å². The number of hydrogen-bond donors (Lipinski definition) is 0. The Hall–Kier alpha value is -3.82. The molecule has 4 heterocycles. The lowest BCUT2D eigenvalue weighted by molar-refractivity contribution is -0.0501. The highest BCUT2D eigenvalue weighted by Gasteiger charge is 2.49. The van der Waals surface area contributed by atoms with E-state index in [9.17, 15) is 30.8 Å². The average molecular weight is 541 g/mol. The van der Waals surface area contributed by atoms with Crippen LogP contribution >= 0.6 is 0 Å². The van der Waals surface area contributed by atoms with Gasteiger partial charge in [-0.25, -0.2) is 9.37 Å². The molecule has 16 heteroatoms. The predicted molar refractivity (Wildman–Crippen MR) is 119 cm³/mol. The molecule has 11 nitrogen and oxygen atoms in total. The van der Waals surface area contributed by atoms with Crippen LogP contribution in [0.3, 0.4) is 0 Å². The van der Waals surface area contributed by atoms with Gasteiger partial charge in [-0.3, -0.25) is 4.79 Å². The molecule has 196 valence electrons. The van der Waals surface area contributed by atoms with Crippen LogP contribution in [-0.4, -0.2) is 75.9 Å². The third kappa shape index (κ3) is 4.68. The molecule has 0 aliphatic carbocycles. The van der Waals surface area contributed by atoms with Crippen LogP contribution in [0.25, 0.3) is 5.69 Å². The van der Waals surface area contributed by atoms with E-state index >= 15 is 0 Å². The van der Waals surface area contributed by atoms with E-state index in [0.717, 1.165) is 6.07 Å². The smallest absolute Gasteiger partial charge is 0.355 e. The molecule has 0 saturated carbocycles. The van der Waals surface area contributed by atoms with E-state index in [1.165, 1.54) is 36.2 Å². The first-order valence-corrected chi connectivity index (χ1v) is 12.4. The summed E-state index contributed by atoms with van der Waals surface area (Å²) in [5.41, 5.74) is -5.32. The zero-order valence-electron chi connectivity index (χ0n) is 19.1. The first-order valence-electron chi connectivity index (χ1n) is 11.0. The minimum Gasteiger partial charge on any atom is -0.355 e. The largest absolute Gasteiger partial charge is 0.534 e. The average Bonchev–Trinajstić information content (AvgIpc) is 3.54. The van der Waals surface area contributed by atoms with Crippen molar-refractivity contribution in [1.82, 2.24) is 29.9 Å². The second-order valence-electron chi connectivity index (χ2n) is 8.72. The highest BCUT2D eigenvalue weighted by molar-refractivity contribution is 7.87. The number of anilines is 1. The molecule has 2 aromatic heterocycles. The zero-order chi connectivity index (χ0) is 26.5. The van der Waals surface area contributed by atoms with E-state index in [4.69, 9.17) is 0 Å². The fraction of sp³-hybridized carbons (Fsp3) is 0.381. The van der Waals surface area contributed by atoms with Crippen LogP contribution in [0.5, 0.6) is 5.88 Å². The van der Waals surface area contributed by atoms with Crippen LogP contribution < -0.4 is 9.08 Å². The summed E-state index contributed by atoms with van der Waals surface area (Å²) in [5, 5.41) is 7.97. The third-order valence-corrected chi connectivity index (χ3v) is 7.15. The van der Waals surface area contributed by atoms with Gasteiger partial charge in [0.15, 0.2) is 0 Å². The summed E-state index contributed by atoms with van der Waals surface area (Å²) in [7, 11) is -5.88. The molecular weight excluding hydrogens is 522 g/mol. The van der Waals surface area contributed by atoms with Crippen molar-refractivity contribution in [1.29, 1.82) is 0 Å². The Labute approximate surface area is 207 Å². The number of aryl methyl sites for hydroxylation is 1. The van der Waals surface area contributed by atoms with E-state index in [-0.39, 0.29) is 34.7 Å². The summed E-state index contributed by atoms with van der Waals surface area (Å²) in [6.07, 6.45) is 2.83. The van der Waals surface area contributed by atoms with E-state index in [1.807, 2.05) is 0 Å². The Kier molecular flexibility index (Phi) is 6.00. The van der Waals surface area contributed by atoms with Gasteiger partial charge in [0, 0.05) is 49.8 Å². The lowest BCUT2D eigenvalue weighted by Gasteiger charge is -2.23. The van der Waals surface area contributed by atoms with Crippen molar-refractivity contribution >= 4 is 22.0 Å². The molecule has 2 aliphatic rings. The van der Waals surface area contributed by atoms with Gasteiger partial charge < -0.3 is 14.0 Å². The molecule has 2 aliphatic heterocycles. The normalized spacial score (nSPS) is 19.8. The number of nitrogens with zero attached hydrogens (tertiary/aromatic N) is 7. The molecule has 1 aromatic carbocycles. The van der Waals surface area contributed by atoms with Gasteiger partial charge >= 0.3 is 15.6 Å². The van der Waals surface area contributed by atoms with Crippen LogP contribution in [0.2, 0.25) is 0 Å². The molecule has 5 rings (SSSR count). The van der Waals surface area contributed by atoms with Crippen LogP contribution in [0.1, 0.15) is 16.1 Å². The molecule has 2 fully saturated rings. The van der Waals surface area contributed by atoms with Gasteiger partial charge in [0.25, 0.3) is 5.91 Å². The minimum atomic E-state index is -5.88. The maximum atomic E-state index is 14.7. The van der Waals surface area contributed by atoms with Crippen LogP contribution in [0.15, 0.2) is 36.7 Å². The molecular formula is C21H19F4N7O4S. The van der Waals surface area contributed by atoms with Gasteiger partial charge in [0.2, 0.25) is 11.8 Å². The molecule has 0 N–H and O–H groups in total. The fourth-order valence-electron chi connectivity index (χ4n) is 4.58. The van der Waals surface area contributed by atoms with Crippen molar-refractivity contribution in [2.45, 2.75) is 12.4 Å². The molecule has 3 aromatic rings. The summed E-state index contributed by atoms with van der Waals surface area (Å²) in [6, 6.07) is 5.18. The molecule has 0 spiro atoms. The topological polar surface area (TPSA) is 123 Å². The standard InChI is InChI=1S/C21H19F4N7O4S/c1-12-7-17(36-37(34,35)21(23,24)25)29-20(28-12)31-10-13-8-30(9-14(13)11-31)19(33)18-15(22)3-2-4-16(18)32-26-5-6-27-32/h2-7,13-14H,8-11H2,1H3. The van der Waals surface area contributed by atoms with Crippen LogP contribution in [0.4, 0.5) is 23.5 Å². The molecule has 1 amide bonds. The Balaban J connectivity index is 1.31. The highest BCUT2D eigenvalue weighted by atomic mass is 32.2. The summed E-state index contributed by atoms with van der Waals surface area (Å²) < 4.78 is 79.7. The number of fused-ring (bicyclic) bond motifs is 1. The van der Waals surface area contributed by atoms with Gasteiger partial charge in [0.1, 0.15) is 17.1 Å². The van der Waals surface area contributed by atoms with Gasteiger partial charge in [0.05, 0.1) is 12.4 Å². The quantitative estimate of drug-likeness (QED) is 0.271. The minimum absolute atomic E-state index is 0.0146. The molecule has 2 saturated heterocycles. The van der Waals surface area contributed by atoms with E-state index in [2.05, 4.69) is 24.3 Å². The first-order chi connectivity index (χ1) is 17.4. The number of carbonyl (C=O) groups is 1. The fourth-order valence-corrected chi connectivity index (χ4v) is 4.98. The first kappa shape index (κ1) is 24.9. The maximum Gasteiger partial charge on any atom is 0.534 e. The highest BCUT2D eigenvalue weighted by Crippen LogP contribution is 2.35. The lowest BCUT2D eigenvalue weighted by atomic mass is 10.0. The van der Waals surface area contributed by atoms with Gasteiger partial charge in [-0.15, -0.1) is 0 Å². The number of hydrogen-bond acceptors (Lipinski definition) is 9. The van der Waals surface area contributed by atoms with Crippen molar-refractivity contribution in [3.63, 3.8) is 0 Å². The van der Waals surface area contributed by atoms with E-state index in [1.54, 1.807) is 15.9 Å². The monoisotopic (exact) mass is 541 g/mol. The number of carbonyl (C=O) groups excluding carboxylic acids is 1. The molecule has 37 heavy (non-hydrogen) atoms. The third-order valence-electron chi connectivity index (χ3n) is 6.19. The number of benzene rings is 1. The van der Waals surface area contributed by atoms with Crippen molar-refractivity contribution in [2.75, 3.05) is 31.1 Å². The second-order valence-corrected chi connectivity index (χ2v) is 10.3. The van der Waals surface area contributed by atoms with Crippen molar-refractivity contribution in [3.8, 4) is 11.6 Å². The summed E-state index contributed by atoms with van der Waals surface area (Å²) in [6.45, 7) is 2.79. The van der Waals surface area contributed by atoms with Gasteiger partial charge in [-0.1, -0.05) is 6.07 Å². The van der Waals surface area contributed by atoms with E-state index in [0.29, 0.717) is 26.2 Å². The van der Waals surface area contributed by atoms with Gasteiger partial charge in [-0.2, -0.15) is 41.6 Å². The zero-order valence-corrected chi connectivity index (χ0v) is 19.9. The SMILES string of the molecule is Cc1cc(OS(=O)(=O)C(F)(F)F)nc(N2CC3CN(C(=O)c4c(F)cccc4-n4nccn4)CC3C2)n1. The molecule has 2 atom stereocenters. The molecule has 0 radical (unpaired) electrons. The van der Waals surface area contributed by atoms with Crippen molar-refractivity contribution in [2.24, 2.45) is 11.8 Å². The second kappa shape index (κ2) is 8.93. The maximum absolute atomic E-state index is 14.7. The summed E-state index contributed by atoms with van der Waals surface area (Å²) >= 11 is 0. The lowest BCUT2D eigenvalue weighted by Crippen LogP contribution is -2.35. The Bertz CT molecular complexity index is 1440. The number of rotatable bonds is 5. The number of amides is 1. The summed E-state index contributed by atoms with van der Waals surface area (Å²) in [4.78, 5) is 25.7. The molecule has 0 bridgehead atoms. The number of aromatic nitrogens is 5. The number of halogens is 4. The van der Waals surface area contributed by atoms with Crippen LogP contribution in [-0.2, 0) is 10.1 Å². The Morgan fingerprint density at radius 2 is 1.70 bits per heavy atom. The van der Waals surface area contributed by atoms with Crippen molar-refractivity contribution < 1.29 is 35.0 Å². The number of likely N-dealkylation sites (tertiary alicyclic amines) is 1. The Morgan fingerprint density at radius 1 is 1.05 bits per heavy atom. The summed E-state index contributed by atoms with van der Waals surface area (Å²) in [5.74, 6) is -2.03. The van der Waals surface area contributed by atoms with Crippen molar-refractivity contribution in [3.05, 3.63) is 53.7 Å². The number of alkyl halides is 3. The predicted octanol–water partition coefficient (Wildman–Crippen LogP) is 1.94.